The van der Waals surface area contributed by atoms with Gasteiger partial charge in [0.05, 0.1) is 12.8 Å². The summed E-state index contributed by atoms with van der Waals surface area (Å²) in [4.78, 5) is 13.8. The van der Waals surface area contributed by atoms with Gasteiger partial charge in [-0.3, -0.25) is 14.6 Å². The highest BCUT2D eigenvalue weighted by atomic mass is 19.4. The first-order valence-electron chi connectivity index (χ1n) is 7.78. The van der Waals surface area contributed by atoms with Crippen molar-refractivity contribution in [2.75, 3.05) is 13.1 Å². The largest absolute Gasteiger partial charge is 0.432 e. The number of aliphatic hydroxyl groups is 1. The number of piperidine rings is 1. The van der Waals surface area contributed by atoms with Crippen LogP contribution in [0.5, 0.6) is 0 Å². The number of aromatic amines is 1. The minimum atomic E-state index is -4.55. The van der Waals surface area contributed by atoms with E-state index in [1.165, 1.54) is 4.90 Å². The first-order valence-corrected chi connectivity index (χ1v) is 7.78. The summed E-state index contributed by atoms with van der Waals surface area (Å²) < 4.78 is 39.4. The van der Waals surface area contributed by atoms with Gasteiger partial charge in [-0.05, 0) is 18.8 Å². The van der Waals surface area contributed by atoms with Crippen LogP contribution in [0.2, 0.25) is 0 Å². The molecule has 25 heavy (non-hydrogen) atoms. The fraction of sp³-hybridized carbons (Fsp3) is 0.571. The number of nitrogens with one attached hydrogen (secondary N) is 1. The molecule has 1 amide bonds. The van der Waals surface area contributed by atoms with Crippen LogP contribution in [-0.2, 0) is 19.3 Å². The molecule has 11 heteroatoms. The van der Waals surface area contributed by atoms with E-state index in [-0.39, 0.29) is 18.2 Å². The molecule has 3 rings (SSSR count). The second-order valence-corrected chi connectivity index (χ2v) is 5.99. The Labute approximate surface area is 140 Å². The number of hydrogen-bond donors (Lipinski definition) is 2. The molecule has 136 valence electrons. The first kappa shape index (κ1) is 17.4. The molecule has 0 radical (unpaired) electrons. The molecule has 2 aromatic rings. The quantitative estimate of drug-likeness (QED) is 0.851. The first-order chi connectivity index (χ1) is 11.9. The van der Waals surface area contributed by atoms with Crippen molar-refractivity contribution in [1.82, 2.24) is 30.1 Å². The summed E-state index contributed by atoms with van der Waals surface area (Å²) in [5.41, 5.74) is -0.766. The lowest BCUT2D eigenvalue weighted by Crippen LogP contribution is -2.39. The summed E-state index contributed by atoms with van der Waals surface area (Å²) in [5, 5.41) is 22.0. The van der Waals surface area contributed by atoms with Crippen molar-refractivity contribution in [3.8, 4) is 0 Å². The Morgan fingerprint density at radius 2 is 2.08 bits per heavy atom. The van der Waals surface area contributed by atoms with Gasteiger partial charge in [-0.1, -0.05) is 5.21 Å². The SMILES string of the molecule is O=C(c1cc(C(F)(F)F)[nH]n1)N1CCC(Cn2cc(CO)nn2)CC1. The number of rotatable bonds is 4. The van der Waals surface area contributed by atoms with Gasteiger partial charge in [-0.15, -0.1) is 5.10 Å². The van der Waals surface area contributed by atoms with Crippen molar-refractivity contribution in [3.05, 3.63) is 29.3 Å². The van der Waals surface area contributed by atoms with Gasteiger partial charge in [0.25, 0.3) is 5.91 Å². The number of amides is 1. The maximum Gasteiger partial charge on any atom is 0.432 e. The Hall–Kier alpha value is -2.43. The minimum Gasteiger partial charge on any atom is -0.390 e. The number of hydrogen-bond acceptors (Lipinski definition) is 5. The Kier molecular flexibility index (Phi) is 4.75. The summed E-state index contributed by atoms with van der Waals surface area (Å²) in [6.45, 7) is 1.34. The van der Waals surface area contributed by atoms with Gasteiger partial charge in [0.15, 0.2) is 5.69 Å². The van der Waals surface area contributed by atoms with E-state index < -0.39 is 17.8 Å². The number of likely N-dealkylation sites (tertiary alicyclic amines) is 1. The third-order valence-corrected chi connectivity index (χ3v) is 4.20. The van der Waals surface area contributed by atoms with Crippen molar-refractivity contribution in [2.24, 2.45) is 5.92 Å². The van der Waals surface area contributed by atoms with E-state index in [1.54, 1.807) is 10.9 Å². The molecule has 0 aromatic carbocycles. The Morgan fingerprint density at radius 3 is 2.64 bits per heavy atom. The molecule has 1 fully saturated rings. The maximum atomic E-state index is 12.6. The summed E-state index contributed by atoms with van der Waals surface area (Å²) in [6.07, 6.45) is -1.48. The second-order valence-electron chi connectivity index (χ2n) is 5.99. The van der Waals surface area contributed by atoms with Crippen molar-refractivity contribution in [3.63, 3.8) is 0 Å². The molecule has 3 heterocycles. The van der Waals surface area contributed by atoms with E-state index in [0.717, 1.165) is 6.07 Å². The van der Waals surface area contributed by atoms with Crippen molar-refractivity contribution in [1.29, 1.82) is 0 Å². The zero-order chi connectivity index (χ0) is 18.0. The molecule has 0 unspecified atom stereocenters. The highest BCUT2D eigenvalue weighted by molar-refractivity contribution is 5.92. The third-order valence-electron chi connectivity index (χ3n) is 4.20. The molecular formula is C14H17F3N6O2. The molecule has 1 saturated heterocycles. The lowest BCUT2D eigenvalue weighted by atomic mass is 9.96. The second kappa shape index (κ2) is 6.82. The van der Waals surface area contributed by atoms with Gasteiger partial charge in [0, 0.05) is 25.7 Å². The standard InChI is InChI=1S/C14H17F3N6O2/c15-14(16,17)12-5-11(19-20-12)13(25)22-3-1-9(2-4-22)6-23-7-10(8-24)18-21-23/h5,7,9,24H,1-4,6,8H2,(H,19,20). The Bertz CT molecular complexity index is 733. The number of carbonyl (C=O) groups is 1. The molecule has 0 atom stereocenters. The number of carbonyl (C=O) groups excluding carboxylic acids is 1. The van der Waals surface area contributed by atoms with Gasteiger partial charge in [-0.2, -0.15) is 18.3 Å². The zero-order valence-electron chi connectivity index (χ0n) is 13.2. The van der Waals surface area contributed by atoms with Gasteiger partial charge < -0.3 is 10.0 Å². The molecular weight excluding hydrogens is 341 g/mol. The van der Waals surface area contributed by atoms with Crippen LogP contribution in [0.3, 0.4) is 0 Å². The Morgan fingerprint density at radius 1 is 1.36 bits per heavy atom. The van der Waals surface area contributed by atoms with E-state index in [4.69, 9.17) is 5.11 Å². The van der Waals surface area contributed by atoms with Crippen LogP contribution in [0, 0.1) is 5.92 Å². The highest BCUT2D eigenvalue weighted by Gasteiger charge is 2.34. The molecule has 0 aliphatic carbocycles. The zero-order valence-corrected chi connectivity index (χ0v) is 13.2. The molecule has 2 aromatic heterocycles. The normalized spacial score (nSPS) is 16.4. The average molecular weight is 358 g/mol. The lowest BCUT2D eigenvalue weighted by Gasteiger charge is -2.31. The number of alkyl halides is 3. The van der Waals surface area contributed by atoms with Crippen LogP contribution in [-0.4, -0.2) is 54.2 Å². The fourth-order valence-electron chi connectivity index (χ4n) is 2.82. The van der Waals surface area contributed by atoms with Crippen molar-refractivity contribution in [2.45, 2.75) is 32.2 Å². The molecule has 0 spiro atoms. The molecule has 1 aliphatic heterocycles. The van der Waals surface area contributed by atoms with Crippen molar-refractivity contribution < 1.29 is 23.1 Å². The van der Waals surface area contributed by atoms with E-state index >= 15 is 0 Å². The average Bonchev–Trinajstić information content (AvgIpc) is 3.24. The summed E-state index contributed by atoms with van der Waals surface area (Å²) >= 11 is 0. The highest BCUT2D eigenvalue weighted by Crippen LogP contribution is 2.28. The van der Waals surface area contributed by atoms with Crippen LogP contribution in [0.25, 0.3) is 0 Å². The summed E-state index contributed by atoms with van der Waals surface area (Å²) in [5.74, 6) is -0.226. The van der Waals surface area contributed by atoms with Crippen molar-refractivity contribution >= 4 is 5.91 Å². The Balaban J connectivity index is 1.54. The fourth-order valence-corrected chi connectivity index (χ4v) is 2.82. The lowest BCUT2D eigenvalue weighted by molar-refractivity contribution is -0.141. The molecule has 2 N–H and O–H groups in total. The summed E-state index contributed by atoms with van der Waals surface area (Å²) in [7, 11) is 0. The van der Waals surface area contributed by atoms with Crippen LogP contribution in [0.15, 0.2) is 12.3 Å². The molecule has 0 bridgehead atoms. The van der Waals surface area contributed by atoms with Gasteiger partial charge >= 0.3 is 6.18 Å². The van der Waals surface area contributed by atoms with Crippen LogP contribution in [0.1, 0.15) is 34.7 Å². The van der Waals surface area contributed by atoms with Gasteiger partial charge in [0.1, 0.15) is 11.4 Å². The minimum absolute atomic E-state index is 0.170. The number of halogens is 3. The van der Waals surface area contributed by atoms with E-state index in [0.29, 0.717) is 38.2 Å². The van der Waals surface area contributed by atoms with E-state index in [9.17, 15) is 18.0 Å². The van der Waals surface area contributed by atoms with E-state index in [1.807, 2.05) is 5.10 Å². The predicted octanol–water partition coefficient (Wildman–Crippen LogP) is 1.06. The summed E-state index contributed by atoms with van der Waals surface area (Å²) in [6, 6.07) is 0.736. The van der Waals surface area contributed by atoms with E-state index in [2.05, 4.69) is 15.4 Å². The number of H-pyrrole nitrogens is 1. The van der Waals surface area contributed by atoms with Gasteiger partial charge in [0.2, 0.25) is 0 Å². The van der Waals surface area contributed by atoms with Crippen LogP contribution >= 0.6 is 0 Å². The molecule has 0 saturated carbocycles. The predicted molar refractivity (Wildman–Crippen MR) is 78.2 cm³/mol. The molecule has 1 aliphatic rings. The maximum absolute atomic E-state index is 12.6. The van der Waals surface area contributed by atoms with Crippen LogP contribution in [0.4, 0.5) is 13.2 Å². The smallest absolute Gasteiger partial charge is 0.390 e. The monoisotopic (exact) mass is 358 g/mol. The van der Waals surface area contributed by atoms with Crippen LogP contribution < -0.4 is 0 Å². The topological polar surface area (TPSA) is 99.9 Å². The number of nitrogens with zero attached hydrogens (tertiary/aromatic N) is 5. The van der Waals surface area contributed by atoms with Gasteiger partial charge in [-0.25, -0.2) is 0 Å². The third kappa shape index (κ3) is 3.98. The molecule has 8 nitrogen and oxygen atoms in total. The number of aromatic nitrogens is 5. The number of aliphatic hydroxyl groups excluding tert-OH is 1.